The van der Waals surface area contributed by atoms with Gasteiger partial charge in [-0.15, -0.1) is 0 Å². The molecule has 0 saturated heterocycles. The average Bonchev–Trinajstić information content (AvgIpc) is 2.67. The van der Waals surface area contributed by atoms with Crippen molar-refractivity contribution in [2.24, 2.45) is 0 Å². The van der Waals surface area contributed by atoms with Gasteiger partial charge in [-0.1, -0.05) is 35.9 Å². The van der Waals surface area contributed by atoms with Crippen molar-refractivity contribution < 1.29 is 9.90 Å². The number of nitrogens with one attached hydrogen (secondary N) is 2. The van der Waals surface area contributed by atoms with E-state index in [-0.39, 0.29) is 17.9 Å². The molecule has 0 fully saturated rings. The van der Waals surface area contributed by atoms with E-state index in [2.05, 4.69) is 20.3 Å². The van der Waals surface area contributed by atoms with Gasteiger partial charge in [0.2, 0.25) is 0 Å². The Morgan fingerprint density at radius 2 is 1.96 bits per heavy atom. The Morgan fingerprint density at radius 3 is 2.65 bits per heavy atom. The average molecular weight is 371 g/mol. The highest BCUT2D eigenvalue weighted by molar-refractivity contribution is 6.31. The van der Waals surface area contributed by atoms with Crippen molar-refractivity contribution in [1.29, 1.82) is 0 Å². The Bertz CT molecular complexity index is 975. The van der Waals surface area contributed by atoms with Crippen molar-refractivity contribution in [2.75, 3.05) is 6.54 Å². The number of aliphatic hydroxyl groups excluding tert-OH is 1. The summed E-state index contributed by atoms with van der Waals surface area (Å²) in [7, 11) is 0. The molecule has 26 heavy (non-hydrogen) atoms. The van der Waals surface area contributed by atoms with Crippen LogP contribution in [-0.4, -0.2) is 32.5 Å². The van der Waals surface area contributed by atoms with E-state index in [1.165, 1.54) is 6.20 Å². The van der Waals surface area contributed by atoms with Gasteiger partial charge in [-0.3, -0.25) is 14.6 Å². The van der Waals surface area contributed by atoms with Gasteiger partial charge in [0, 0.05) is 29.5 Å². The quantitative estimate of drug-likeness (QED) is 0.636. The van der Waals surface area contributed by atoms with Crippen molar-refractivity contribution in [2.45, 2.75) is 6.10 Å². The van der Waals surface area contributed by atoms with Crippen LogP contribution < -0.4 is 10.9 Å². The monoisotopic (exact) mass is 370 g/mol. The first-order valence-electron chi connectivity index (χ1n) is 7.77. The maximum Gasteiger partial charge on any atom is 0.264 e. The molecule has 132 valence electrons. The summed E-state index contributed by atoms with van der Waals surface area (Å²) >= 11 is 6.01. The second-order valence-corrected chi connectivity index (χ2v) is 5.84. The van der Waals surface area contributed by atoms with E-state index in [1.54, 1.807) is 48.7 Å². The number of pyridine rings is 1. The van der Waals surface area contributed by atoms with E-state index in [9.17, 15) is 14.7 Å². The number of amides is 1. The molecule has 2 aromatic heterocycles. The van der Waals surface area contributed by atoms with Gasteiger partial charge in [-0.05, 0) is 18.2 Å². The van der Waals surface area contributed by atoms with Gasteiger partial charge in [0.05, 0.1) is 6.10 Å². The van der Waals surface area contributed by atoms with Crippen LogP contribution in [0.3, 0.4) is 0 Å². The van der Waals surface area contributed by atoms with Crippen LogP contribution in [0.2, 0.25) is 5.02 Å². The predicted octanol–water partition coefficient (Wildman–Crippen LogP) is 1.95. The number of aromatic nitrogens is 3. The molecule has 0 saturated carbocycles. The predicted molar refractivity (Wildman–Crippen MR) is 96.8 cm³/mol. The summed E-state index contributed by atoms with van der Waals surface area (Å²) in [6.45, 7) is -0.0933. The molecule has 0 spiro atoms. The Hall–Kier alpha value is -3.03. The van der Waals surface area contributed by atoms with E-state index >= 15 is 0 Å². The third-order valence-electron chi connectivity index (χ3n) is 3.67. The standard InChI is InChI=1S/C18H15ClN4O3/c19-13-6-2-1-5-11(13)15(24)10-22-17(25)12-9-21-16(23-18(12)26)14-7-3-4-8-20-14/h1-9,15,24H,10H2,(H,22,25)(H,21,23,26)/t15-/m0/s1. The lowest BCUT2D eigenvalue weighted by atomic mass is 10.1. The summed E-state index contributed by atoms with van der Waals surface area (Å²) in [5, 5.41) is 13.0. The van der Waals surface area contributed by atoms with Gasteiger partial charge < -0.3 is 15.4 Å². The third-order valence-corrected chi connectivity index (χ3v) is 4.02. The number of halogens is 1. The van der Waals surface area contributed by atoms with Crippen LogP contribution in [0, 0.1) is 0 Å². The zero-order valence-corrected chi connectivity index (χ0v) is 14.3. The molecule has 0 unspecified atom stereocenters. The second kappa shape index (κ2) is 7.90. The van der Waals surface area contributed by atoms with Crippen LogP contribution in [0.1, 0.15) is 22.0 Å². The summed E-state index contributed by atoms with van der Waals surface area (Å²) in [5.74, 6) is -0.374. The number of carbonyl (C=O) groups is 1. The molecule has 3 N–H and O–H groups in total. The largest absolute Gasteiger partial charge is 0.387 e. The second-order valence-electron chi connectivity index (χ2n) is 5.44. The minimum Gasteiger partial charge on any atom is -0.387 e. The summed E-state index contributed by atoms with van der Waals surface area (Å²) in [6, 6.07) is 12.0. The van der Waals surface area contributed by atoms with Crippen molar-refractivity contribution in [1.82, 2.24) is 20.3 Å². The number of aromatic amines is 1. The van der Waals surface area contributed by atoms with E-state index in [0.717, 1.165) is 0 Å². The molecule has 3 aromatic rings. The maximum atomic E-state index is 12.2. The molecule has 7 nitrogen and oxygen atoms in total. The molecule has 1 atom stereocenters. The van der Waals surface area contributed by atoms with E-state index < -0.39 is 17.6 Å². The number of carbonyl (C=O) groups excluding carboxylic acids is 1. The maximum absolute atomic E-state index is 12.2. The Morgan fingerprint density at radius 1 is 1.19 bits per heavy atom. The highest BCUT2D eigenvalue weighted by Crippen LogP contribution is 2.21. The van der Waals surface area contributed by atoms with E-state index in [1.807, 2.05) is 0 Å². The summed E-state index contributed by atoms with van der Waals surface area (Å²) in [4.78, 5) is 35.0. The zero-order chi connectivity index (χ0) is 18.5. The fourth-order valence-electron chi connectivity index (χ4n) is 2.33. The zero-order valence-electron chi connectivity index (χ0n) is 13.5. The lowest BCUT2D eigenvalue weighted by molar-refractivity contribution is 0.0914. The molecule has 8 heteroatoms. The van der Waals surface area contributed by atoms with Crippen LogP contribution in [0.4, 0.5) is 0 Å². The molecule has 1 amide bonds. The molecular formula is C18H15ClN4O3. The lowest BCUT2D eigenvalue weighted by Crippen LogP contribution is -2.33. The Labute approximate surface area is 153 Å². The summed E-state index contributed by atoms with van der Waals surface area (Å²) in [6.07, 6.45) is 1.76. The molecule has 2 heterocycles. The summed E-state index contributed by atoms with van der Waals surface area (Å²) in [5.41, 5.74) is 0.235. The molecular weight excluding hydrogens is 356 g/mol. The molecule has 0 bridgehead atoms. The normalized spacial score (nSPS) is 11.8. The smallest absolute Gasteiger partial charge is 0.264 e. The van der Waals surface area contributed by atoms with Crippen LogP contribution in [0.5, 0.6) is 0 Å². The Kier molecular flexibility index (Phi) is 5.40. The van der Waals surface area contributed by atoms with Crippen molar-refractivity contribution >= 4 is 17.5 Å². The minimum absolute atomic E-state index is 0.0933. The molecule has 1 aromatic carbocycles. The highest BCUT2D eigenvalue weighted by Gasteiger charge is 2.16. The fraction of sp³-hybridized carbons (Fsp3) is 0.111. The number of nitrogens with zero attached hydrogens (tertiary/aromatic N) is 2. The first-order chi connectivity index (χ1) is 12.6. The Balaban J connectivity index is 1.70. The van der Waals surface area contributed by atoms with Gasteiger partial charge in [0.1, 0.15) is 11.3 Å². The topological polar surface area (TPSA) is 108 Å². The molecule has 0 aliphatic heterocycles. The van der Waals surface area contributed by atoms with Gasteiger partial charge >= 0.3 is 0 Å². The summed E-state index contributed by atoms with van der Waals surface area (Å²) < 4.78 is 0. The molecule has 0 aliphatic carbocycles. The number of hydrogen-bond acceptors (Lipinski definition) is 5. The van der Waals surface area contributed by atoms with Gasteiger partial charge in [-0.25, -0.2) is 4.98 Å². The fourth-order valence-corrected chi connectivity index (χ4v) is 2.59. The van der Waals surface area contributed by atoms with Crippen molar-refractivity contribution in [3.8, 4) is 11.5 Å². The molecule has 0 aliphatic rings. The van der Waals surface area contributed by atoms with Gasteiger partial charge in [0.25, 0.3) is 11.5 Å². The van der Waals surface area contributed by atoms with Crippen LogP contribution in [-0.2, 0) is 0 Å². The van der Waals surface area contributed by atoms with Crippen LogP contribution in [0.25, 0.3) is 11.5 Å². The minimum atomic E-state index is -0.993. The molecule has 3 rings (SSSR count). The number of aliphatic hydroxyl groups is 1. The van der Waals surface area contributed by atoms with Crippen LogP contribution >= 0.6 is 11.6 Å². The number of hydrogen-bond donors (Lipinski definition) is 3. The number of rotatable bonds is 5. The molecule has 0 radical (unpaired) electrons. The van der Waals surface area contributed by atoms with Crippen LogP contribution in [0.15, 0.2) is 59.7 Å². The third kappa shape index (κ3) is 3.96. The SMILES string of the molecule is O=C(NC[C@H](O)c1ccccc1Cl)c1cnc(-c2ccccn2)[nH]c1=O. The van der Waals surface area contributed by atoms with Crippen molar-refractivity contribution in [3.63, 3.8) is 0 Å². The van der Waals surface area contributed by atoms with Crippen molar-refractivity contribution in [3.05, 3.63) is 81.4 Å². The van der Waals surface area contributed by atoms with E-state index in [0.29, 0.717) is 16.3 Å². The first-order valence-corrected chi connectivity index (χ1v) is 8.15. The highest BCUT2D eigenvalue weighted by atomic mass is 35.5. The first kappa shape index (κ1) is 17.8. The van der Waals surface area contributed by atoms with Gasteiger partial charge in [-0.2, -0.15) is 0 Å². The van der Waals surface area contributed by atoms with E-state index in [4.69, 9.17) is 11.6 Å². The number of H-pyrrole nitrogens is 1. The van der Waals surface area contributed by atoms with Gasteiger partial charge in [0.15, 0.2) is 5.82 Å². The number of benzene rings is 1. The lowest BCUT2D eigenvalue weighted by Gasteiger charge is -2.13.